The predicted molar refractivity (Wildman–Crippen MR) is 78.9 cm³/mol. The summed E-state index contributed by atoms with van der Waals surface area (Å²) in [6, 6.07) is 3.81. The summed E-state index contributed by atoms with van der Waals surface area (Å²) < 4.78 is 5.45. The molecule has 112 valence electrons. The molecule has 0 aromatic carbocycles. The van der Waals surface area contributed by atoms with Crippen LogP contribution < -0.4 is 5.32 Å². The number of aromatic nitrogens is 4. The van der Waals surface area contributed by atoms with E-state index < -0.39 is 0 Å². The van der Waals surface area contributed by atoms with Crippen LogP contribution in [0.1, 0.15) is 25.2 Å². The Kier molecular flexibility index (Phi) is 2.92. The molecule has 2 N–H and O–H groups in total. The van der Waals surface area contributed by atoms with Crippen LogP contribution in [0, 0.1) is 5.92 Å². The van der Waals surface area contributed by atoms with E-state index in [9.17, 15) is 4.79 Å². The van der Waals surface area contributed by atoms with Crippen LogP contribution in [0.25, 0.3) is 22.4 Å². The predicted octanol–water partition coefficient (Wildman–Crippen LogP) is 1.85. The van der Waals surface area contributed by atoms with Gasteiger partial charge in [0.2, 0.25) is 17.6 Å². The van der Waals surface area contributed by atoms with Crippen LogP contribution >= 0.6 is 0 Å². The third-order valence-corrected chi connectivity index (χ3v) is 4.17. The van der Waals surface area contributed by atoms with E-state index in [-0.39, 0.29) is 17.7 Å². The number of pyridine rings is 1. The monoisotopic (exact) mass is 297 g/mol. The van der Waals surface area contributed by atoms with Crippen LogP contribution in [0.3, 0.4) is 0 Å². The largest absolute Gasteiger partial charge is 0.355 e. The van der Waals surface area contributed by atoms with E-state index in [1.807, 2.05) is 25.3 Å². The number of amides is 1. The zero-order valence-electron chi connectivity index (χ0n) is 12.0. The topological polar surface area (TPSA) is 96.7 Å². The Morgan fingerprint density at radius 1 is 1.36 bits per heavy atom. The minimum atomic E-state index is 0.0579. The van der Waals surface area contributed by atoms with E-state index in [1.165, 1.54) is 0 Å². The fraction of sp³-hybridized carbons (Fsp3) is 0.333. The standard InChI is InChI=1S/C15H15N5O2/c1-8-6-12(21)18-7-11(8)15-19-14(20-22-15)10-3-5-17-13-9(10)2-4-16-13/h2-5,8,11H,6-7H2,1H3,(H,16,17)(H,18,21). The van der Waals surface area contributed by atoms with Gasteiger partial charge in [0.15, 0.2) is 0 Å². The molecule has 1 fully saturated rings. The van der Waals surface area contributed by atoms with Gasteiger partial charge in [-0.1, -0.05) is 12.1 Å². The maximum atomic E-state index is 11.4. The third-order valence-electron chi connectivity index (χ3n) is 4.17. The van der Waals surface area contributed by atoms with E-state index in [0.29, 0.717) is 24.7 Å². The number of carbonyl (C=O) groups is 1. The molecule has 0 radical (unpaired) electrons. The first kappa shape index (κ1) is 13.0. The molecule has 7 nitrogen and oxygen atoms in total. The number of rotatable bonds is 2. The van der Waals surface area contributed by atoms with Crippen molar-refractivity contribution >= 4 is 16.9 Å². The van der Waals surface area contributed by atoms with Crippen molar-refractivity contribution in [2.45, 2.75) is 19.3 Å². The fourth-order valence-electron chi connectivity index (χ4n) is 2.91. The number of hydrogen-bond donors (Lipinski definition) is 2. The molecular weight excluding hydrogens is 282 g/mol. The Hall–Kier alpha value is -2.70. The van der Waals surface area contributed by atoms with Gasteiger partial charge in [-0.05, 0) is 18.1 Å². The summed E-state index contributed by atoms with van der Waals surface area (Å²) in [6.45, 7) is 2.57. The van der Waals surface area contributed by atoms with Gasteiger partial charge in [-0.2, -0.15) is 4.98 Å². The summed E-state index contributed by atoms with van der Waals surface area (Å²) in [4.78, 5) is 23.3. The zero-order chi connectivity index (χ0) is 15.1. The Balaban J connectivity index is 1.70. The lowest BCUT2D eigenvalue weighted by Crippen LogP contribution is -2.38. The van der Waals surface area contributed by atoms with Crippen molar-refractivity contribution in [1.82, 2.24) is 25.4 Å². The average molecular weight is 297 g/mol. The molecule has 2 atom stereocenters. The molecular formula is C15H15N5O2. The van der Waals surface area contributed by atoms with Gasteiger partial charge in [-0.25, -0.2) is 4.98 Å². The van der Waals surface area contributed by atoms with Crippen LogP contribution in [0.15, 0.2) is 29.0 Å². The molecule has 0 saturated carbocycles. The highest BCUT2D eigenvalue weighted by Gasteiger charge is 2.31. The first-order chi connectivity index (χ1) is 10.7. The molecule has 1 aliphatic rings. The molecule has 3 aromatic heterocycles. The molecule has 2 unspecified atom stereocenters. The molecule has 0 spiro atoms. The van der Waals surface area contributed by atoms with E-state index >= 15 is 0 Å². The van der Waals surface area contributed by atoms with Gasteiger partial charge in [0.25, 0.3) is 0 Å². The number of aromatic amines is 1. The molecule has 7 heteroatoms. The highest BCUT2D eigenvalue weighted by atomic mass is 16.5. The van der Waals surface area contributed by atoms with Crippen LogP contribution in [0.2, 0.25) is 0 Å². The fourth-order valence-corrected chi connectivity index (χ4v) is 2.91. The van der Waals surface area contributed by atoms with Crippen molar-refractivity contribution in [1.29, 1.82) is 0 Å². The van der Waals surface area contributed by atoms with Crippen LogP contribution in [0.4, 0.5) is 0 Å². The lowest BCUT2D eigenvalue weighted by Gasteiger charge is -2.25. The molecule has 4 heterocycles. The first-order valence-electron chi connectivity index (χ1n) is 7.25. The van der Waals surface area contributed by atoms with Crippen molar-refractivity contribution in [3.63, 3.8) is 0 Å². The van der Waals surface area contributed by atoms with Gasteiger partial charge in [0, 0.05) is 36.3 Å². The average Bonchev–Trinajstić information content (AvgIpc) is 3.15. The zero-order valence-corrected chi connectivity index (χ0v) is 12.0. The third kappa shape index (κ3) is 2.05. The van der Waals surface area contributed by atoms with Gasteiger partial charge in [0.05, 0.1) is 5.92 Å². The number of piperidine rings is 1. The van der Waals surface area contributed by atoms with Gasteiger partial charge in [-0.3, -0.25) is 4.79 Å². The van der Waals surface area contributed by atoms with Gasteiger partial charge in [-0.15, -0.1) is 0 Å². The van der Waals surface area contributed by atoms with E-state index in [1.54, 1.807) is 6.20 Å². The van der Waals surface area contributed by atoms with Crippen molar-refractivity contribution in [3.05, 3.63) is 30.4 Å². The summed E-state index contributed by atoms with van der Waals surface area (Å²) in [5.41, 5.74) is 1.68. The molecule has 22 heavy (non-hydrogen) atoms. The van der Waals surface area contributed by atoms with Crippen LogP contribution in [-0.2, 0) is 4.79 Å². The molecule has 1 aliphatic heterocycles. The van der Waals surface area contributed by atoms with E-state index in [4.69, 9.17) is 4.52 Å². The maximum Gasteiger partial charge on any atom is 0.232 e. The lowest BCUT2D eigenvalue weighted by molar-refractivity contribution is -0.123. The maximum absolute atomic E-state index is 11.4. The molecule has 0 bridgehead atoms. The summed E-state index contributed by atoms with van der Waals surface area (Å²) >= 11 is 0. The number of fused-ring (bicyclic) bond motifs is 1. The molecule has 0 aliphatic carbocycles. The SMILES string of the molecule is CC1CC(=O)NCC1c1nc(-c2ccnc3[nH]ccc23)no1. The second-order valence-electron chi connectivity index (χ2n) is 5.65. The lowest BCUT2D eigenvalue weighted by atomic mass is 9.87. The van der Waals surface area contributed by atoms with Crippen LogP contribution in [-0.4, -0.2) is 32.6 Å². The van der Waals surface area contributed by atoms with Crippen molar-refractivity contribution in [2.75, 3.05) is 6.54 Å². The Labute approximate surface area is 126 Å². The minimum absolute atomic E-state index is 0.0579. The smallest absolute Gasteiger partial charge is 0.232 e. The Morgan fingerprint density at radius 3 is 3.14 bits per heavy atom. The number of hydrogen-bond acceptors (Lipinski definition) is 5. The van der Waals surface area contributed by atoms with Gasteiger partial charge >= 0.3 is 0 Å². The summed E-state index contributed by atoms with van der Waals surface area (Å²) in [7, 11) is 0. The van der Waals surface area contributed by atoms with E-state index in [2.05, 4.69) is 25.4 Å². The van der Waals surface area contributed by atoms with Crippen molar-refractivity contribution in [2.24, 2.45) is 5.92 Å². The second kappa shape index (κ2) is 4.94. The Bertz CT molecular complexity index is 837. The van der Waals surface area contributed by atoms with Crippen molar-refractivity contribution < 1.29 is 9.32 Å². The number of H-pyrrole nitrogens is 1. The normalized spacial score (nSPS) is 22.0. The summed E-state index contributed by atoms with van der Waals surface area (Å²) in [5.74, 6) is 1.44. The summed E-state index contributed by atoms with van der Waals surface area (Å²) in [5, 5.41) is 7.92. The van der Waals surface area contributed by atoms with Crippen LogP contribution in [0.5, 0.6) is 0 Å². The highest BCUT2D eigenvalue weighted by Crippen LogP contribution is 2.31. The highest BCUT2D eigenvalue weighted by molar-refractivity contribution is 5.90. The van der Waals surface area contributed by atoms with Gasteiger partial charge in [0.1, 0.15) is 5.65 Å². The summed E-state index contributed by atoms with van der Waals surface area (Å²) in [6.07, 6.45) is 4.04. The first-order valence-corrected chi connectivity index (χ1v) is 7.25. The number of nitrogens with zero attached hydrogens (tertiary/aromatic N) is 3. The molecule has 3 aromatic rings. The molecule has 4 rings (SSSR count). The minimum Gasteiger partial charge on any atom is -0.355 e. The second-order valence-corrected chi connectivity index (χ2v) is 5.65. The van der Waals surface area contributed by atoms with Gasteiger partial charge < -0.3 is 14.8 Å². The molecule has 1 saturated heterocycles. The molecule has 1 amide bonds. The Morgan fingerprint density at radius 2 is 2.27 bits per heavy atom. The van der Waals surface area contributed by atoms with E-state index in [0.717, 1.165) is 16.6 Å². The quantitative estimate of drug-likeness (QED) is 0.752. The number of nitrogens with one attached hydrogen (secondary N) is 2. The number of carbonyl (C=O) groups excluding carboxylic acids is 1. The van der Waals surface area contributed by atoms with Crippen molar-refractivity contribution in [3.8, 4) is 11.4 Å².